The highest BCUT2D eigenvalue weighted by Gasteiger charge is 2.19. The van der Waals surface area contributed by atoms with Gasteiger partial charge in [-0.15, -0.1) is 0 Å². The van der Waals surface area contributed by atoms with E-state index >= 15 is 0 Å². The monoisotopic (exact) mass is 395 g/mol. The topological polar surface area (TPSA) is 101 Å². The number of halogens is 2. The van der Waals surface area contributed by atoms with Crippen LogP contribution in [0.4, 0.5) is 0 Å². The van der Waals surface area contributed by atoms with Crippen molar-refractivity contribution >= 4 is 35.1 Å². The lowest BCUT2D eigenvalue weighted by Gasteiger charge is -2.22. The molecule has 0 aliphatic rings. The third-order valence-electron chi connectivity index (χ3n) is 3.36. The fourth-order valence-corrected chi connectivity index (χ4v) is 2.61. The summed E-state index contributed by atoms with van der Waals surface area (Å²) in [5.41, 5.74) is 8.39. The zero-order valence-corrected chi connectivity index (χ0v) is 15.5. The summed E-state index contributed by atoms with van der Waals surface area (Å²) in [5.74, 6) is -2.39. The minimum absolute atomic E-state index is 0.00430. The van der Waals surface area contributed by atoms with Crippen LogP contribution in [-0.2, 0) is 9.59 Å². The van der Waals surface area contributed by atoms with Gasteiger partial charge in [-0.05, 0) is 30.2 Å². The van der Waals surface area contributed by atoms with Gasteiger partial charge in [-0.2, -0.15) is 0 Å². The predicted octanol–water partition coefficient (Wildman–Crippen LogP) is 4.18. The van der Waals surface area contributed by atoms with Gasteiger partial charge in [0, 0.05) is 24.1 Å². The Kier molecular flexibility index (Phi) is 8.85. The number of carbonyl (C=O) groups is 2. The number of hydrogen-bond donors (Lipinski definition) is 3. The third-order valence-corrected chi connectivity index (χ3v) is 4.09. The van der Waals surface area contributed by atoms with Crippen LogP contribution in [0.3, 0.4) is 0 Å². The molecular formula is C19H19Cl2NO4. The Bertz CT molecular complexity index is 760. The van der Waals surface area contributed by atoms with Crippen LogP contribution in [-0.4, -0.2) is 28.2 Å². The molecule has 0 spiro atoms. The van der Waals surface area contributed by atoms with E-state index in [1.165, 1.54) is 5.56 Å². The van der Waals surface area contributed by atoms with Gasteiger partial charge in [0.05, 0.1) is 10.0 Å². The molecule has 0 heterocycles. The van der Waals surface area contributed by atoms with Gasteiger partial charge in [-0.3, -0.25) is 0 Å². The summed E-state index contributed by atoms with van der Waals surface area (Å²) in [6.45, 7) is 2.00. The van der Waals surface area contributed by atoms with E-state index in [0.717, 1.165) is 5.56 Å². The standard InChI is InChI=1S/C15H15Cl2N.C4H4O4/c1-10(18)15(11-5-3-2-4-6-11)12-7-8-13(16)14(17)9-12;5-3(6)1-2-4(7)8/h2-10,15H,18H2,1H3;1-2H,(H,5,6)(H,7,8). The Morgan fingerprint density at radius 3 is 1.88 bits per heavy atom. The maximum Gasteiger partial charge on any atom is 0.328 e. The third kappa shape index (κ3) is 7.27. The number of hydrogen-bond acceptors (Lipinski definition) is 3. The van der Waals surface area contributed by atoms with E-state index in [2.05, 4.69) is 12.1 Å². The average Bonchev–Trinajstić information content (AvgIpc) is 2.58. The molecule has 2 rings (SSSR count). The van der Waals surface area contributed by atoms with E-state index < -0.39 is 11.9 Å². The molecule has 2 aromatic carbocycles. The zero-order valence-electron chi connectivity index (χ0n) is 14.0. The molecule has 0 aliphatic carbocycles. The Hall–Kier alpha value is -2.34. The first-order valence-corrected chi connectivity index (χ1v) is 8.37. The first kappa shape index (κ1) is 21.7. The molecule has 7 heteroatoms. The molecule has 2 atom stereocenters. The summed E-state index contributed by atoms with van der Waals surface area (Å²) in [4.78, 5) is 19.1. The minimum Gasteiger partial charge on any atom is -0.478 e. The van der Waals surface area contributed by atoms with Gasteiger partial charge in [0.15, 0.2) is 0 Å². The minimum atomic E-state index is -1.26. The molecule has 26 heavy (non-hydrogen) atoms. The van der Waals surface area contributed by atoms with Crippen LogP contribution >= 0.6 is 23.2 Å². The van der Waals surface area contributed by atoms with Gasteiger partial charge in [0.25, 0.3) is 0 Å². The second-order valence-electron chi connectivity index (χ2n) is 5.43. The number of aliphatic carboxylic acids is 2. The van der Waals surface area contributed by atoms with Gasteiger partial charge in [-0.1, -0.05) is 59.6 Å². The normalized spacial score (nSPS) is 12.8. The van der Waals surface area contributed by atoms with Gasteiger partial charge < -0.3 is 15.9 Å². The molecule has 0 fully saturated rings. The lowest BCUT2D eigenvalue weighted by Crippen LogP contribution is -2.25. The first-order chi connectivity index (χ1) is 12.2. The van der Waals surface area contributed by atoms with Crippen LogP contribution < -0.4 is 5.73 Å². The lowest BCUT2D eigenvalue weighted by molar-refractivity contribution is -0.134. The molecule has 0 aliphatic heterocycles. The summed E-state index contributed by atoms with van der Waals surface area (Å²) < 4.78 is 0. The molecule has 0 amide bonds. The largest absolute Gasteiger partial charge is 0.478 e. The van der Waals surface area contributed by atoms with Gasteiger partial charge in [0.1, 0.15) is 0 Å². The van der Waals surface area contributed by atoms with E-state index in [9.17, 15) is 9.59 Å². The summed E-state index contributed by atoms with van der Waals surface area (Å²) >= 11 is 12.0. The molecule has 0 saturated heterocycles. The van der Waals surface area contributed by atoms with E-state index in [0.29, 0.717) is 22.2 Å². The van der Waals surface area contributed by atoms with Gasteiger partial charge >= 0.3 is 11.9 Å². The van der Waals surface area contributed by atoms with Crippen molar-refractivity contribution in [1.82, 2.24) is 0 Å². The van der Waals surface area contributed by atoms with Crippen molar-refractivity contribution in [3.05, 3.63) is 81.9 Å². The summed E-state index contributed by atoms with van der Waals surface area (Å²) in [6, 6.07) is 15.9. The SMILES string of the molecule is CC(N)C(c1ccccc1)c1ccc(Cl)c(Cl)c1.O=C(O)C=CC(=O)O. The molecule has 2 unspecified atom stereocenters. The maximum absolute atomic E-state index is 9.55. The number of benzene rings is 2. The molecule has 0 saturated carbocycles. The number of carboxylic acids is 2. The van der Waals surface area contributed by atoms with Gasteiger partial charge in [-0.25, -0.2) is 9.59 Å². The first-order valence-electron chi connectivity index (χ1n) is 7.61. The number of nitrogens with two attached hydrogens (primary N) is 1. The van der Waals surface area contributed by atoms with Crippen LogP contribution in [0.15, 0.2) is 60.7 Å². The van der Waals surface area contributed by atoms with Gasteiger partial charge in [0.2, 0.25) is 0 Å². The van der Waals surface area contributed by atoms with Crippen LogP contribution in [0.2, 0.25) is 10.0 Å². The summed E-state index contributed by atoms with van der Waals surface area (Å²) in [6.07, 6.45) is 1.12. The quantitative estimate of drug-likeness (QED) is 0.659. The second kappa shape index (κ2) is 10.6. The van der Waals surface area contributed by atoms with E-state index in [1.54, 1.807) is 0 Å². The Morgan fingerprint density at radius 1 is 0.923 bits per heavy atom. The van der Waals surface area contributed by atoms with Crippen molar-refractivity contribution in [2.75, 3.05) is 0 Å². The van der Waals surface area contributed by atoms with Crippen LogP contribution in [0.5, 0.6) is 0 Å². The van der Waals surface area contributed by atoms with Crippen molar-refractivity contribution in [2.24, 2.45) is 5.73 Å². The van der Waals surface area contributed by atoms with Crippen LogP contribution in [0, 0.1) is 0 Å². The number of carboxylic acid groups (broad SMARTS) is 2. The van der Waals surface area contributed by atoms with Crippen LogP contribution in [0.1, 0.15) is 24.0 Å². The van der Waals surface area contributed by atoms with Crippen molar-refractivity contribution in [3.63, 3.8) is 0 Å². The van der Waals surface area contributed by atoms with Crippen molar-refractivity contribution < 1.29 is 19.8 Å². The maximum atomic E-state index is 9.55. The van der Waals surface area contributed by atoms with Crippen molar-refractivity contribution in [2.45, 2.75) is 18.9 Å². The lowest BCUT2D eigenvalue weighted by atomic mass is 9.86. The second-order valence-corrected chi connectivity index (χ2v) is 6.25. The summed E-state index contributed by atoms with van der Waals surface area (Å²) in [5, 5.41) is 16.8. The Labute approximate surface area is 161 Å². The van der Waals surface area contributed by atoms with E-state index in [1.807, 2.05) is 43.3 Å². The van der Waals surface area contributed by atoms with Crippen LogP contribution in [0.25, 0.3) is 0 Å². The highest BCUT2D eigenvalue weighted by Crippen LogP contribution is 2.31. The predicted molar refractivity (Wildman–Crippen MR) is 103 cm³/mol. The molecule has 0 bridgehead atoms. The molecule has 0 aromatic heterocycles. The molecular weight excluding hydrogens is 377 g/mol. The highest BCUT2D eigenvalue weighted by molar-refractivity contribution is 6.42. The van der Waals surface area contributed by atoms with E-state index in [-0.39, 0.29) is 12.0 Å². The smallest absolute Gasteiger partial charge is 0.328 e. The Balaban J connectivity index is 0.000000359. The molecule has 0 radical (unpaired) electrons. The van der Waals surface area contributed by atoms with Crippen molar-refractivity contribution in [3.8, 4) is 0 Å². The molecule has 138 valence electrons. The fourth-order valence-electron chi connectivity index (χ4n) is 2.31. The molecule has 4 N–H and O–H groups in total. The molecule has 2 aromatic rings. The highest BCUT2D eigenvalue weighted by atomic mass is 35.5. The van der Waals surface area contributed by atoms with E-state index in [4.69, 9.17) is 39.1 Å². The fraction of sp³-hybridized carbons (Fsp3) is 0.158. The summed E-state index contributed by atoms with van der Waals surface area (Å²) in [7, 11) is 0. The zero-order chi connectivity index (χ0) is 19.7. The Morgan fingerprint density at radius 2 is 1.46 bits per heavy atom. The number of rotatable bonds is 5. The average molecular weight is 396 g/mol. The molecule has 5 nitrogen and oxygen atoms in total. The van der Waals surface area contributed by atoms with Crippen molar-refractivity contribution in [1.29, 1.82) is 0 Å².